The third-order valence-corrected chi connectivity index (χ3v) is 4.38. The van der Waals surface area contributed by atoms with Crippen molar-refractivity contribution < 1.29 is 8.42 Å². The molecular weight excluding hydrogens is 312 g/mol. The first-order valence-corrected chi connectivity index (χ1v) is 9.39. The molecule has 6 nitrogen and oxygen atoms in total. The Hall–Kier alpha value is -2.28. The van der Waals surface area contributed by atoms with Crippen LogP contribution in [0.4, 0.5) is 17.2 Å². The van der Waals surface area contributed by atoms with E-state index in [1.165, 1.54) is 5.69 Å². The lowest BCUT2D eigenvalue weighted by Gasteiger charge is -2.37. The van der Waals surface area contributed by atoms with Crippen LogP contribution in [-0.2, 0) is 10.0 Å². The molecular formula is C16H20N4O2S. The number of rotatable bonds is 4. The van der Waals surface area contributed by atoms with Gasteiger partial charge in [0.05, 0.1) is 18.1 Å². The number of sulfonamides is 1. The van der Waals surface area contributed by atoms with E-state index < -0.39 is 10.0 Å². The summed E-state index contributed by atoms with van der Waals surface area (Å²) in [6.07, 6.45) is 2.83. The molecule has 1 aromatic carbocycles. The molecule has 2 heterocycles. The van der Waals surface area contributed by atoms with E-state index in [1.807, 2.05) is 12.1 Å². The lowest BCUT2D eigenvalue weighted by atomic mass is 10.2. The van der Waals surface area contributed by atoms with Gasteiger partial charge in [-0.15, -0.1) is 0 Å². The van der Waals surface area contributed by atoms with Crippen molar-refractivity contribution in [3.05, 3.63) is 48.7 Å². The molecule has 1 aromatic heterocycles. The molecule has 0 unspecified atom stereocenters. The molecule has 23 heavy (non-hydrogen) atoms. The molecule has 1 aliphatic heterocycles. The SMILES string of the molecule is CS(=O)(=O)Nc1ccc(N2CCN(c3ccccc3)CC2)cn1. The van der Waals surface area contributed by atoms with Gasteiger partial charge in [-0.1, -0.05) is 18.2 Å². The van der Waals surface area contributed by atoms with Gasteiger partial charge in [0.1, 0.15) is 5.82 Å². The predicted molar refractivity (Wildman–Crippen MR) is 93.6 cm³/mol. The number of hydrogen-bond acceptors (Lipinski definition) is 5. The summed E-state index contributed by atoms with van der Waals surface area (Å²) in [6, 6.07) is 14.0. The minimum Gasteiger partial charge on any atom is -0.368 e. The summed E-state index contributed by atoms with van der Waals surface area (Å²) in [5.41, 5.74) is 2.26. The van der Waals surface area contributed by atoms with Crippen LogP contribution >= 0.6 is 0 Å². The van der Waals surface area contributed by atoms with Gasteiger partial charge in [0, 0.05) is 31.9 Å². The number of aromatic nitrogens is 1. The van der Waals surface area contributed by atoms with E-state index in [-0.39, 0.29) is 0 Å². The first-order chi connectivity index (χ1) is 11.0. The topological polar surface area (TPSA) is 65.5 Å². The number of piperazine rings is 1. The molecule has 0 saturated carbocycles. The highest BCUT2D eigenvalue weighted by Crippen LogP contribution is 2.20. The van der Waals surface area contributed by atoms with Gasteiger partial charge in [-0.25, -0.2) is 13.4 Å². The number of nitrogens with one attached hydrogen (secondary N) is 1. The molecule has 0 spiro atoms. The van der Waals surface area contributed by atoms with Gasteiger partial charge < -0.3 is 9.80 Å². The third kappa shape index (κ3) is 4.13. The summed E-state index contributed by atoms with van der Waals surface area (Å²) >= 11 is 0. The van der Waals surface area contributed by atoms with E-state index in [4.69, 9.17) is 0 Å². The number of nitrogens with zero attached hydrogens (tertiary/aromatic N) is 3. The van der Waals surface area contributed by atoms with Crippen LogP contribution in [0.2, 0.25) is 0 Å². The average Bonchev–Trinajstić information content (AvgIpc) is 2.55. The van der Waals surface area contributed by atoms with Gasteiger partial charge in [-0.2, -0.15) is 0 Å². The zero-order valence-electron chi connectivity index (χ0n) is 13.0. The maximum atomic E-state index is 11.2. The molecule has 0 radical (unpaired) electrons. The fraction of sp³-hybridized carbons (Fsp3) is 0.312. The highest BCUT2D eigenvalue weighted by molar-refractivity contribution is 7.92. The number of pyridine rings is 1. The van der Waals surface area contributed by atoms with Crippen LogP contribution in [0.5, 0.6) is 0 Å². The van der Waals surface area contributed by atoms with Crippen LogP contribution in [0.3, 0.4) is 0 Å². The maximum absolute atomic E-state index is 11.2. The van der Waals surface area contributed by atoms with E-state index in [0.29, 0.717) is 5.82 Å². The van der Waals surface area contributed by atoms with Crippen LogP contribution in [0.1, 0.15) is 0 Å². The summed E-state index contributed by atoms with van der Waals surface area (Å²) in [4.78, 5) is 8.80. The Kier molecular flexibility index (Phi) is 4.38. The highest BCUT2D eigenvalue weighted by atomic mass is 32.2. The lowest BCUT2D eigenvalue weighted by Crippen LogP contribution is -2.46. The Morgan fingerprint density at radius 1 is 0.913 bits per heavy atom. The normalized spacial score (nSPS) is 15.5. The van der Waals surface area contributed by atoms with Crippen molar-refractivity contribution in [3.8, 4) is 0 Å². The Labute approximate surface area is 136 Å². The largest absolute Gasteiger partial charge is 0.368 e. The molecule has 3 rings (SSSR count). The Bertz CT molecular complexity index is 739. The molecule has 0 atom stereocenters. The molecule has 2 aromatic rings. The molecule has 122 valence electrons. The van der Waals surface area contributed by atoms with Crippen molar-refractivity contribution in [3.63, 3.8) is 0 Å². The first kappa shape index (κ1) is 15.6. The van der Waals surface area contributed by atoms with Gasteiger partial charge in [-0.3, -0.25) is 4.72 Å². The quantitative estimate of drug-likeness (QED) is 0.924. The van der Waals surface area contributed by atoms with Crippen molar-refractivity contribution in [2.45, 2.75) is 0 Å². The van der Waals surface area contributed by atoms with Gasteiger partial charge in [0.2, 0.25) is 10.0 Å². The Morgan fingerprint density at radius 3 is 2.04 bits per heavy atom. The van der Waals surface area contributed by atoms with Gasteiger partial charge in [0.25, 0.3) is 0 Å². The molecule has 1 saturated heterocycles. The van der Waals surface area contributed by atoms with Crippen LogP contribution in [0, 0.1) is 0 Å². The fourth-order valence-electron chi connectivity index (χ4n) is 2.69. The van der Waals surface area contributed by atoms with Gasteiger partial charge in [0.15, 0.2) is 0 Å². The number of para-hydroxylation sites is 1. The van der Waals surface area contributed by atoms with E-state index in [0.717, 1.165) is 38.1 Å². The maximum Gasteiger partial charge on any atom is 0.230 e. The molecule has 1 N–H and O–H groups in total. The van der Waals surface area contributed by atoms with E-state index in [1.54, 1.807) is 12.3 Å². The van der Waals surface area contributed by atoms with Crippen molar-refractivity contribution in [1.82, 2.24) is 4.98 Å². The zero-order chi connectivity index (χ0) is 16.3. The van der Waals surface area contributed by atoms with Crippen LogP contribution < -0.4 is 14.5 Å². The number of benzene rings is 1. The number of anilines is 3. The smallest absolute Gasteiger partial charge is 0.230 e. The van der Waals surface area contributed by atoms with Crippen molar-refractivity contribution >= 4 is 27.2 Å². The molecule has 7 heteroatoms. The molecule has 0 aliphatic carbocycles. The Morgan fingerprint density at radius 2 is 1.52 bits per heavy atom. The summed E-state index contributed by atoms with van der Waals surface area (Å²) in [6.45, 7) is 3.73. The Balaban J connectivity index is 1.61. The summed E-state index contributed by atoms with van der Waals surface area (Å²) in [5.74, 6) is 0.346. The van der Waals surface area contributed by atoms with E-state index in [9.17, 15) is 8.42 Å². The van der Waals surface area contributed by atoms with Gasteiger partial charge >= 0.3 is 0 Å². The minimum atomic E-state index is -3.29. The van der Waals surface area contributed by atoms with Crippen molar-refractivity contribution in [2.24, 2.45) is 0 Å². The minimum absolute atomic E-state index is 0.346. The molecule has 1 fully saturated rings. The summed E-state index contributed by atoms with van der Waals surface area (Å²) in [7, 11) is -3.29. The fourth-order valence-corrected chi connectivity index (χ4v) is 3.19. The van der Waals surface area contributed by atoms with Crippen molar-refractivity contribution in [2.75, 3.05) is 47.0 Å². The van der Waals surface area contributed by atoms with Crippen LogP contribution in [-0.4, -0.2) is 45.8 Å². The van der Waals surface area contributed by atoms with Crippen molar-refractivity contribution in [1.29, 1.82) is 0 Å². The highest BCUT2D eigenvalue weighted by Gasteiger charge is 2.17. The lowest BCUT2D eigenvalue weighted by molar-refractivity contribution is 0.606. The second-order valence-electron chi connectivity index (χ2n) is 5.59. The predicted octanol–water partition coefficient (Wildman–Crippen LogP) is 1.78. The second-order valence-corrected chi connectivity index (χ2v) is 7.33. The first-order valence-electron chi connectivity index (χ1n) is 7.50. The average molecular weight is 332 g/mol. The molecule has 1 aliphatic rings. The zero-order valence-corrected chi connectivity index (χ0v) is 13.8. The van der Waals surface area contributed by atoms with E-state index >= 15 is 0 Å². The second kappa shape index (κ2) is 6.45. The number of hydrogen-bond donors (Lipinski definition) is 1. The van der Waals surface area contributed by atoms with Crippen LogP contribution in [0.25, 0.3) is 0 Å². The summed E-state index contributed by atoms with van der Waals surface area (Å²) in [5, 5.41) is 0. The summed E-state index contributed by atoms with van der Waals surface area (Å²) < 4.78 is 24.8. The van der Waals surface area contributed by atoms with Crippen LogP contribution in [0.15, 0.2) is 48.7 Å². The van der Waals surface area contributed by atoms with E-state index in [2.05, 4.69) is 43.8 Å². The monoisotopic (exact) mass is 332 g/mol. The third-order valence-electron chi connectivity index (χ3n) is 3.80. The molecule has 0 amide bonds. The standard InChI is InChI=1S/C16H20N4O2S/c1-23(21,22)18-16-8-7-15(13-17-16)20-11-9-19(10-12-20)14-5-3-2-4-6-14/h2-8,13H,9-12H2,1H3,(H,17,18). The molecule has 0 bridgehead atoms. The van der Waals surface area contributed by atoms with Gasteiger partial charge in [-0.05, 0) is 24.3 Å².